The maximum Gasteiger partial charge on any atom is 0.213 e. The highest BCUT2D eigenvalue weighted by Crippen LogP contribution is 2.48. The van der Waals surface area contributed by atoms with E-state index < -0.39 is 0 Å². The molecule has 2 atom stereocenters. The second kappa shape index (κ2) is 12.7. The second-order valence-corrected chi connectivity index (χ2v) is 10.9. The third-order valence-corrected chi connectivity index (χ3v) is 7.68. The third-order valence-electron chi connectivity index (χ3n) is 7.18. The number of hydrogen-bond acceptors (Lipinski definition) is 5. The SMILES string of the molecule is CCCCCCCCOc1ccc([C@H]2Oc3ccc(Br)cc3[C@@H]3CC(c4ccc(OCC)cc4)=NN23)cc1. The van der Waals surface area contributed by atoms with Gasteiger partial charge >= 0.3 is 0 Å². The Bertz CT molecular complexity index is 1230. The van der Waals surface area contributed by atoms with E-state index in [4.69, 9.17) is 19.3 Å². The molecule has 5 rings (SSSR count). The monoisotopic (exact) mass is 576 g/mol. The molecule has 0 fully saturated rings. The quantitative estimate of drug-likeness (QED) is 0.202. The number of nitrogens with zero attached hydrogens (tertiary/aromatic N) is 2. The Morgan fingerprint density at radius 2 is 1.58 bits per heavy atom. The molecule has 0 bridgehead atoms. The zero-order valence-electron chi connectivity index (χ0n) is 22.4. The summed E-state index contributed by atoms with van der Waals surface area (Å²) in [5.74, 6) is 2.69. The van der Waals surface area contributed by atoms with Crippen LogP contribution in [0.25, 0.3) is 0 Å². The molecule has 3 aromatic rings. The predicted molar refractivity (Wildman–Crippen MR) is 156 cm³/mol. The minimum absolute atomic E-state index is 0.103. The van der Waals surface area contributed by atoms with Gasteiger partial charge in [-0.2, -0.15) is 5.10 Å². The Balaban J connectivity index is 1.32. The van der Waals surface area contributed by atoms with Crippen molar-refractivity contribution in [2.75, 3.05) is 13.2 Å². The first-order valence-electron chi connectivity index (χ1n) is 13.9. The van der Waals surface area contributed by atoms with Crippen molar-refractivity contribution >= 4 is 21.6 Å². The third kappa shape index (κ3) is 6.17. The van der Waals surface area contributed by atoms with Crippen LogP contribution in [-0.4, -0.2) is 23.9 Å². The van der Waals surface area contributed by atoms with Gasteiger partial charge in [0, 0.05) is 22.0 Å². The Labute approximate surface area is 234 Å². The van der Waals surface area contributed by atoms with Gasteiger partial charge in [-0.05, 0) is 85.6 Å². The van der Waals surface area contributed by atoms with Gasteiger partial charge in [0.05, 0.1) is 25.0 Å². The van der Waals surface area contributed by atoms with E-state index in [0.717, 1.165) is 63.6 Å². The number of fused-ring (bicyclic) bond motifs is 3. The van der Waals surface area contributed by atoms with Gasteiger partial charge in [-0.25, -0.2) is 5.01 Å². The van der Waals surface area contributed by atoms with Gasteiger partial charge < -0.3 is 14.2 Å². The van der Waals surface area contributed by atoms with Gasteiger partial charge in [0.15, 0.2) is 0 Å². The summed E-state index contributed by atoms with van der Waals surface area (Å²) in [6, 6.07) is 22.9. The number of unbranched alkanes of at least 4 members (excludes halogenated alkanes) is 5. The van der Waals surface area contributed by atoms with Crippen LogP contribution >= 0.6 is 15.9 Å². The van der Waals surface area contributed by atoms with E-state index in [1.165, 1.54) is 32.1 Å². The van der Waals surface area contributed by atoms with Gasteiger partial charge in [0.2, 0.25) is 6.23 Å². The smallest absolute Gasteiger partial charge is 0.213 e. The summed E-state index contributed by atoms with van der Waals surface area (Å²) in [6.45, 7) is 5.66. The molecule has 0 saturated carbocycles. The number of hydrogen-bond donors (Lipinski definition) is 0. The van der Waals surface area contributed by atoms with Crippen molar-refractivity contribution in [1.29, 1.82) is 0 Å². The van der Waals surface area contributed by atoms with Gasteiger partial charge in [-0.3, -0.25) is 0 Å². The van der Waals surface area contributed by atoms with Crippen molar-refractivity contribution in [3.8, 4) is 17.2 Å². The van der Waals surface area contributed by atoms with Gasteiger partial charge in [-0.1, -0.05) is 55.0 Å². The second-order valence-electron chi connectivity index (χ2n) is 9.94. The highest BCUT2D eigenvalue weighted by molar-refractivity contribution is 9.10. The zero-order valence-corrected chi connectivity index (χ0v) is 24.0. The molecule has 0 aliphatic carbocycles. The van der Waals surface area contributed by atoms with Crippen LogP contribution < -0.4 is 14.2 Å². The van der Waals surface area contributed by atoms with E-state index in [1.807, 2.05) is 25.1 Å². The fraction of sp³-hybridized carbons (Fsp3) is 0.406. The lowest BCUT2D eigenvalue weighted by molar-refractivity contribution is -0.0191. The summed E-state index contributed by atoms with van der Waals surface area (Å²) in [5.41, 5.74) is 4.38. The molecule has 0 saturated heterocycles. The van der Waals surface area contributed by atoms with Crippen LogP contribution in [0.1, 0.15) is 87.8 Å². The molecule has 6 heteroatoms. The Hall–Kier alpha value is -2.99. The van der Waals surface area contributed by atoms with Gasteiger partial charge in [0.1, 0.15) is 17.2 Å². The van der Waals surface area contributed by atoms with Crippen LogP contribution in [0.4, 0.5) is 0 Å². The molecule has 0 radical (unpaired) electrons. The van der Waals surface area contributed by atoms with Crippen molar-refractivity contribution in [3.05, 3.63) is 87.9 Å². The number of benzene rings is 3. The maximum atomic E-state index is 6.54. The Morgan fingerprint density at radius 3 is 2.34 bits per heavy atom. The lowest BCUT2D eigenvalue weighted by Crippen LogP contribution is -2.33. The molecule has 5 nitrogen and oxygen atoms in total. The van der Waals surface area contributed by atoms with Crippen molar-refractivity contribution in [2.24, 2.45) is 5.10 Å². The standard InChI is InChI=1S/C32H37BrN2O3/c1-3-5-6-7-8-9-20-37-27-17-12-24(13-18-27)32-35-30(28-21-25(33)14-19-31(28)38-32)22-29(34-35)23-10-15-26(16-11-23)36-4-2/h10-19,21,30,32H,3-9,20,22H2,1-2H3/t30-,32+/m0/s1. The van der Waals surface area contributed by atoms with E-state index in [1.54, 1.807) is 0 Å². The Morgan fingerprint density at radius 1 is 0.868 bits per heavy atom. The molecule has 200 valence electrons. The van der Waals surface area contributed by atoms with E-state index in [2.05, 4.69) is 76.4 Å². The van der Waals surface area contributed by atoms with Crippen molar-refractivity contribution < 1.29 is 14.2 Å². The first-order valence-corrected chi connectivity index (χ1v) is 14.7. The molecular weight excluding hydrogens is 540 g/mol. The van der Waals surface area contributed by atoms with Crippen molar-refractivity contribution in [1.82, 2.24) is 5.01 Å². The molecule has 0 amide bonds. The van der Waals surface area contributed by atoms with Crippen LogP contribution in [0.5, 0.6) is 17.2 Å². The summed E-state index contributed by atoms with van der Waals surface area (Å²) >= 11 is 3.64. The normalized spacial score (nSPS) is 17.9. The molecule has 2 aliphatic heterocycles. The zero-order chi connectivity index (χ0) is 26.3. The molecular formula is C32H37BrN2O3. The molecule has 0 unspecified atom stereocenters. The molecule has 0 aromatic heterocycles. The minimum atomic E-state index is -0.304. The van der Waals surface area contributed by atoms with Crippen molar-refractivity contribution in [2.45, 2.75) is 71.1 Å². The van der Waals surface area contributed by atoms with Gasteiger partial charge in [0.25, 0.3) is 0 Å². The molecule has 3 aromatic carbocycles. The highest BCUT2D eigenvalue weighted by atomic mass is 79.9. The Kier molecular flexibility index (Phi) is 8.90. The van der Waals surface area contributed by atoms with E-state index in [0.29, 0.717) is 6.61 Å². The predicted octanol–water partition coefficient (Wildman–Crippen LogP) is 8.83. The summed E-state index contributed by atoms with van der Waals surface area (Å²) in [7, 11) is 0. The first-order chi connectivity index (χ1) is 18.7. The molecule has 2 heterocycles. The molecule has 0 N–H and O–H groups in total. The largest absolute Gasteiger partial charge is 0.494 e. The summed E-state index contributed by atoms with van der Waals surface area (Å²) in [6.07, 6.45) is 8.07. The average Bonchev–Trinajstić information content (AvgIpc) is 3.39. The summed E-state index contributed by atoms with van der Waals surface area (Å²) in [5, 5.41) is 7.21. The molecule has 2 aliphatic rings. The van der Waals surface area contributed by atoms with Crippen LogP contribution in [-0.2, 0) is 0 Å². The summed E-state index contributed by atoms with van der Waals surface area (Å²) < 4.78 is 19.2. The lowest BCUT2D eigenvalue weighted by Gasteiger charge is -2.38. The summed E-state index contributed by atoms with van der Waals surface area (Å²) in [4.78, 5) is 0. The number of ether oxygens (including phenoxy) is 3. The fourth-order valence-corrected chi connectivity index (χ4v) is 5.54. The minimum Gasteiger partial charge on any atom is -0.494 e. The highest BCUT2D eigenvalue weighted by Gasteiger charge is 2.41. The fourth-order valence-electron chi connectivity index (χ4n) is 5.16. The van der Waals surface area contributed by atoms with E-state index in [-0.39, 0.29) is 12.3 Å². The van der Waals surface area contributed by atoms with Crippen LogP contribution in [0.15, 0.2) is 76.3 Å². The number of rotatable bonds is 12. The molecule has 0 spiro atoms. The average molecular weight is 578 g/mol. The van der Waals surface area contributed by atoms with Crippen LogP contribution in [0.3, 0.4) is 0 Å². The topological polar surface area (TPSA) is 43.3 Å². The van der Waals surface area contributed by atoms with Crippen LogP contribution in [0, 0.1) is 0 Å². The van der Waals surface area contributed by atoms with E-state index in [9.17, 15) is 0 Å². The molecule has 38 heavy (non-hydrogen) atoms. The van der Waals surface area contributed by atoms with Crippen LogP contribution in [0.2, 0.25) is 0 Å². The number of hydrazone groups is 1. The van der Waals surface area contributed by atoms with Crippen molar-refractivity contribution in [3.63, 3.8) is 0 Å². The van der Waals surface area contributed by atoms with E-state index >= 15 is 0 Å². The maximum absolute atomic E-state index is 6.54. The first kappa shape index (κ1) is 26.6. The lowest BCUT2D eigenvalue weighted by atomic mass is 9.96. The van der Waals surface area contributed by atoms with Gasteiger partial charge in [-0.15, -0.1) is 0 Å². The number of halogens is 1.